The minimum Gasteiger partial charge on any atom is -0.457 e. The summed E-state index contributed by atoms with van der Waals surface area (Å²) in [6, 6.07) is 12.9. The van der Waals surface area contributed by atoms with Gasteiger partial charge in [0.15, 0.2) is 0 Å². The van der Waals surface area contributed by atoms with Crippen LogP contribution in [0.1, 0.15) is 5.56 Å². The van der Waals surface area contributed by atoms with Crippen molar-refractivity contribution in [3.8, 4) is 11.5 Å². The molecular weight excluding hydrogens is 338 g/mol. The number of ether oxygens (including phenoxy) is 1. The first-order chi connectivity index (χ1) is 12.5. The van der Waals surface area contributed by atoms with Crippen molar-refractivity contribution in [3.05, 3.63) is 76.4 Å². The molecule has 0 radical (unpaired) electrons. The number of carbonyl (C=O) groups is 2. The van der Waals surface area contributed by atoms with Crippen LogP contribution in [0.25, 0.3) is 6.08 Å². The highest BCUT2D eigenvalue weighted by molar-refractivity contribution is 6.00. The van der Waals surface area contributed by atoms with Crippen molar-refractivity contribution in [2.75, 3.05) is 0 Å². The Morgan fingerprint density at radius 1 is 1.04 bits per heavy atom. The summed E-state index contributed by atoms with van der Waals surface area (Å²) in [6.07, 6.45) is 3.02. The van der Waals surface area contributed by atoms with Crippen molar-refractivity contribution in [3.63, 3.8) is 0 Å². The topological polar surface area (TPSA) is 111 Å². The lowest BCUT2D eigenvalue weighted by Gasteiger charge is -2.23. The average Bonchev–Trinajstić information content (AvgIpc) is 2.60. The number of carbonyl (C=O) groups excluding carboxylic acids is 2. The Morgan fingerprint density at radius 2 is 1.77 bits per heavy atom. The molecule has 0 bridgehead atoms. The third-order valence-corrected chi connectivity index (χ3v) is 3.70. The summed E-state index contributed by atoms with van der Waals surface area (Å²) >= 11 is 0. The average molecular weight is 353 g/mol. The summed E-state index contributed by atoms with van der Waals surface area (Å²) in [5, 5.41) is 15.4. The molecule has 2 N–H and O–H groups in total. The van der Waals surface area contributed by atoms with Crippen molar-refractivity contribution in [2.45, 2.75) is 12.1 Å². The second-order valence-corrected chi connectivity index (χ2v) is 5.57. The van der Waals surface area contributed by atoms with Crippen molar-refractivity contribution in [2.24, 2.45) is 0 Å². The Kier molecular flexibility index (Phi) is 4.93. The molecule has 1 saturated heterocycles. The molecule has 3 amide bonds. The van der Waals surface area contributed by atoms with Crippen molar-refractivity contribution < 1.29 is 19.2 Å². The summed E-state index contributed by atoms with van der Waals surface area (Å²) in [6.45, 7) is 0. The number of amides is 3. The summed E-state index contributed by atoms with van der Waals surface area (Å²) in [4.78, 5) is 33.4. The number of benzene rings is 2. The molecule has 0 aliphatic carbocycles. The first kappa shape index (κ1) is 17.2. The van der Waals surface area contributed by atoms with E-state index in [4.69, 9.17) is 4.74 Å². The van der Waals surface area contributed by atoms with Gasteiger partial charge in [-0.3, -0.25) is 20.2 Å². The maximum absolute atomic E-state index is 11.7. The second kappa shape index (κ2) is 7.47. The quantitative estimate of drug-likeness (QED) is 0.633. The maximum atomic E-state index is 11.7. The molecule has 2 aromatic carbocycles. The first-order valence-corrected chi connectivity index (χ1v) is 7.79. The molecule has 2 aromatic rings. The molecule has 132 valence electrons. The highest BCUT2D eigenvalue weighted by Gasteiger charge is 2.43. The highest BCUT2D eigenvalue weighted by Crippen LogP contribution is 2.22. The number of nitrogens with one attached hydrogen (secondary N) is 2. The fourth-order valence-corrected chi connectivity index (χ4v) is 2.52. The predicted octanol–water partition coefficient (Wildman–Crippen LogP) is 2.35. The second-order valence-electron chi connectivity index (χ2n) is 5.57. The Bertz CT molecular complexity index is 866. The van der Waals surface area contributed by atoms with Crippen LogP contribution in [-0.2, 0) is 4.79 Å². The van der Waals surface area contributed by atoms with Gasteiger partial charge in [-0.25, -0.2) is 4.79 Å². The molecule has 2 unspecified atom stereocenters. The van der Waals surface area contributed by atoms with Crippen molar-refractivity contribution >= 4 is 18.0 Å². The van der Waals surface area contributed by atoms with Gasteiger partial charge >= 0.3 is 18.0 Å². The molecule has 1 heterocycles. The number of nitrogens with zero attached hydrogens (tertiary/aromatic N) is 1. The number of rotatable bonds is 5. The minimum absolute atomic E-state index is 0.592. The minimum atomic E-state index is -1.58. The van der Waals surface area contributed by atoms with E-state index in [-0.39, 0.29) is 0 Å². The molecule has 3 rings (SSSR count). The van der Waals surface area contributed by atoms with Crippen LogP contribution in [0.4, 0.5) is 4.79 Å². The lowest BCUT2D eigenvalue weighted by atomic mass is 10.0. The van der Waals surface area contributed by atoms with Gasteiger partial charge in [-0.15, -0.1) is 0 Å². The number of nitro groups is 1. The molecule has 0 spiro atoms. The van der Waals surface area contributed by atoms with Crippen LogP contribution in [-0.4, -0.2) is 28.9 Å². The number of hydrogen-bond acceptors (Lipinski definition) is 5. The van der Waals surface area contributed by atoms with Crippen molar-refractivity contribution in [1.82, 2.24) is 10.6 Å². The number of para-hydroxylation sites is 1. The van der Waals surface area contributed by atoms with E-state index in [1.54, 1.807) is 30.3 Å². The van der Waals surface area contributed by atoms with E-state index in [0.29, 0.717) is 17.1 Å². The van der Waals surface area contributed by atoms with Crippen LogP contribution in [0.2, 0.25) is 0 Å². The molecule has 0 aromatic heterocycles. The van der Waals surface area contributed by atoms with E-state index >= 15 is 0 Å². The van der Waals surface area contributed by atoms with E-state index in [9.17, 15) is 19.7 Å². The fraction of sp³-hybridized carbons (Fsp3) is 0.111. The Labute approximate surface area is 148 Å². The Morgan fingerprint density at radius 3 is 2.50 bits per heavy atom. The van der Waals surface area contributed by atoms with E-state index in [2.05, 4.69) is 5.32 Å². The van der Waals surface area contributed by atoms with Gasteiger partial charge in [-0.1, -0.05) is 42.5 Å². The van der Waals surface area contributed by atoms with Gasteiger partial charge in [-0.2, -0.15) is 0 Å². The van der Waals surface area contributed by atoms with Gasteiger partial charge in [0.05, 0.1) is 0 Å². The molecule has 0 saturated carbocycles. The van der Waals surface area contributed by atoms with Crippen LogP contribution < -0.4 is 15.4 Å². The van der Waals surface area contributed by atoms with Gasteiger partial charge in [0.1, 0.15) is 17.5 Å². The third-order valence-electron chi connectivity index (χ3n) is 3.70. The molecule has 1 fully saturated rings. The maximum Gasteiger partial charge on any atom is 0.322 e. The smallest absolute Gasteiger partial charge is 0.322 e. The Balaban J connectivity index is 1.77. The summed E-state index contributed by atoms with van der Waals surface area (Å²) in [5.74, 6) is 0.336. The SMILES string of the molecule is O=C1NC(=O)C([N+](=O)[O-])C(/C=C\c2cccc(Oc3ccccc3)c2)N1. The van der Waals surface area contributed by atoms with Gasteiger partial charge in [0, 0.05) is 4.92 Å². The van der Waals surface area contributed by atoms with Crippen LogP contribution >= 0.6 is 0 Å². The van der Waals surface area contributed by atoms with Crippen LogP contribution in [0.5, 0.6) is 11.5 Å². The normalized spacial score (nSPS) is 19.7. The van der Waals surface area contributed by atoms with Gasteiger partial charge in [0.2, 0.25) is 0 Å². The van der Waals surface area contributed by atoms with Crippen LogP contribution in [0.15, 0.2) is 60.7 Å². The summed E-state index contributed by atoms with van der Waals surface area (Å²) in [7, 11) is 0. The van der Waals surface area contributed by atoms with Crippen LogP contribution in [0.3, 0.4) is 0 Å². The number of imide groups is 1. The zero-order valence-corrected chi connectivity index (χ0v) is 13.5. The zero-order chi connectivity index (χ0) is 18.5. The predicted molar refractivity (Wildman–Crippen MR) is 93.2 cm³/mol. The molecule has 8 nitrogen and oxygen atoms in total. The fourth-order valence-electron chi connectivity index (χ4n) is 2.52. The van der Waals surface area contributed by atoms with Gasteiger partial charge < -0.3 is 10.1 Å². The molecule has 26 heavy (non-hydrogen) atoms. The molecule has 8 heteroatoms. The van der Waals surface area contributed by atoms with E-state index in [0.717, 1.165) is 0 Å². The van der Waals surface area contributed by atoms with E-state index < -0.39 is 28.9 Å². The van der Waals surface area contributed by atoms with E-state index in [1.807, 2.05) is 35.6 Å². The van der Waals surface area contributed by atoms with Crippen LogP contribution in [0, 0.1) is 10.1 Å². The lowest BCUT2D eigenvalue weighted by molar-refractivity contribution is -0.510. The largest absolute Gasteiger partial charge is 0.457 e. The summed E-state index contributed by atoms with van der Waals surface area (Å²) in [5.41, 5.74) is 0.709. The zero-order valence-electron chi connectivity index (χ0n) is 13.5. The number of hydrogen-bond donors (Lipinski definition) is 2. The Hall–Kier alpha value is -3.68. The molecule has 1 aliphatic heterocycles. The molecule has 1 aliphatic rings. The highest BCUT2D eigenvalue weighted by atomic mass is 16.6. The third kappa shape index (κ3) is 4.04. The van der Waals surface area contributed by atoms with E-state index in [1.165, 1.54) is 6.08 Å². The summed E-state index contributed by atoms with van der Waals surface area (Å²) < 4.78 is 5.73. The standard InChI is InChI=1S/C18H15N3O5/c22-17-16(21(24)25)15(19-18(23)20-17)10-9-12-5-4-8-14(11-12)26-13-6-2-1-3-7-13/h1-11,15-16H,(H2,19,20,22,23)/b10-9-. The molecule has 2 atom stereocenters. The van der Waals surface area contributed by atoms with Crippen molar-refractivity contribution in [1.29, 1.82) is 0 Å². The number of urea groups is 1. The lowest BCUT2D eigenvalue weighted by Crippen LogP contribution is -2.62. The monoisotopic (exact) mass is 353 g/mol. The first-order valence-electron chi connectivity index (χ1n) is 7.79. The molecular formula is C18H15N3O5. The van der Waals surface area contributed by atoms with Gasteiger partial charge in [0.25, 0.3) is 0 Å². The van der Waals surface area contributed by atoms with Gasteiger partial charge in [-0.05, 0) is 29.8 Å².